The van der Waals surface area contributed by atoms with Crippen LogP contribution in [0, 0.1) is 0 Å². The van der Waals surface area contributed by atoms with Crippen molar-refractivity contribution in [3.8, 4) is 0 Å². The summed E-state index contributed by atoms with van der Waals surface area (Å²) in [6.45, 7) is 7.68. The Morgan fingerprint density at radius 2 is 1.58 bits per heavy atom. The first-order valence-corrected chi connectivity index (χ1v) is 8.38. The number of allylic oxidation sites excluding steroid dienone is 2. The van der Waals surface area contributed by atoms with Gasteiger partial charge in [-0.2, -0.15) is 0 Å². The fourth-order valence-electron chi connectivity index (χ4n) is 3.07. The molecule has 142 valence electrons. The molecule has 6 nitrogen and oxygen atoms in total. The van der Waals surface area contributed by atoms with Crippen LogP contribution in [-0.2, 0) is 26.1 Å². The molecule has 1 aliphatic rings. The molecule has 0 bridgehead atoms. The predicted molar refractivity (Wildman–Crippen MR) is 92.2 cm³/mol. The molecule has 0 aliphatic carbocycles. The van der Waals surface area contributed by atoms with Crippen LogP contribution < -0.4 is 33.9 Å². The smallest absolute Gasteiger partial charge is 0.336 e. The second-order valence-corrected chi connectivity index (χ2v) is 5.88. The minimum absolute atomic E-state index is 0. The van der Waals surface area contributed by atoms with E-state index in [1.807, 2.05) is 50.0 Å². The van der Waals surface area contributed by atoms with E-state index in [4.69, 9.17) is 9.47 Å². The summed E-state index contributed by atoms with van der Waals surface area (Å²) in [7, 11) is 1.89. The van der Waals surface area contributed by atoms with Gasteiger partial charge in [-0.05, 0) is 33.8 Å². The van der Waals surface area contributed by atoms with Gasteiger partial charge in [-0.3, -0.25) is 0 Å². The standard InChI is InChI=1S/C19H24N2O4.HI/c1-6-24-18(22)15-12(3)20-13(4)16(19(23)25-7-2)17(15)14-9-8-10-21(5)11-14;/h8-11,17H,6-7H2,1-5H3;1H. The molecule has 1 aliphatic heterocycles. The highest BCUT2D eigenvalue weighted by Gasteiger charge is 2.38. The van der Waals surface area contributed by atoms with Crippen LogP contribution >= 0.6 is 0 Å². The zero-order chi connectivity index (χ0) is 18.6. The summed E-state index contributed by atoms with van der Waals surface area (Å²) < 4.78 is 12.4. The number of rotatable bonds is 5. The van der Waals surface area contributed by atoms with Crippen molar-refractivity contribution in [1.29, 1.82) is 0 Å². The third kappa shape index (κ3) is 4.63. The highest BCUT2D eigenvalue weighted by molar-refractivity contribution is 5.99. The zero-order valence-corrected chi connectivity index (χ0v) is 17.9. The summed E-state index contributed by atoms with van der Waals surface area (Å²) in [5.41, 5.74) is 3.06. The first-order valence-electron chi connectivity index (χ1n) is 8.38. The molecule has 1 N–H and O–H groups in total. The number of ether oxygens (including phenoxy) is 2. The molecule has 2 rings (SSSR count). The Labute approximate surface area is 171 Å². The zero-order valence-electron chi connectivity index (χ0n) is 15.8. The summed E-state index contributed by atoms with van der Waals surface area (Å²) >= 11 is 0. The summed E-state index contributed by atoms with van der Waals surface area (Å²) in [5, 5.41) is 3.12. The number of esters is 2. The van der Waals surface area contributed by atoms with E-state index in [2.05, 4.69) is 5.32 Å². The van der Waals surface area contributed by atoms with Crippen LogP contribution in [0.15, 0.2) is 47.1 Å². The number of nitrogens with zero attached hydrogens (tertiary/aromatic N) is 1. The molecule has 0 atom stereocenters. The number of pyridine rings is 1. The highest BCUT2D eigenvalue weighted by Crippen LogP contribution is 2.38. The monoisotopic (exact) mass is 472 g/mol. The first kappa shape index (κ1) is 22.1. The summed E-state index contributed by atoms with van der Waals surface area (Å²) in [5.74, 6) is -1.40. The fourth-order valence-corrected chi connectivity index (χ4v) is 3.07. The average molecular weight is 472 g/mol. The number of aryl methyl sites for hydroxylation is 1. The maximum absolute atomic E-state index is 12.6. The van der Waals surface area contributed by atoms with Crippen LogP contribution in [0.5, 0.6) is 0 Å². The second-order valence-electron chi connectivity index (χ2n) is 5.88. The van der Waals surface area contributed by atoms with E-state index < -0.39 is 17.9 Å². The number of aromatic nitrogens is 1. The van der Waals surface area contributed by atoms with Gasteiger partial charge in [0, 0.05) is 23.0 Å². The van der Waals surface area contributed by atoms with Gasteiger partial charge in [0.1, 0.15) is 7.05 Å². The van der Waals surface area contributed by atoms with E-state index in [1.54, 1.807) is 13.8 Å². The predicted octanol–water partition coefficient (Wildman–Crippen LogP) is -1.12. The van der Waals surface area contributed by atoms with Gasteiger partial charge in [0.05, 0.1) is 30.3 Å². The molecule has 1 aromatic rings. The lowest BCUT2D eigenvalue weighted by atomic mass is 9.81. The molecule has 0 unspecified atom stereocenters. The van der Waals surface area contributed by atoms with Gasteiger partial charge in [0.2, 0.25) is 0 Å². The molecule has 1 aromatic heterocycles. The lowest BCUT2D eigenvalue weighted by Crippen LogP contribution is -3.00. The molecule has 0 amide bonds. The van der Waals surface area contributed by atoms with Gasteiger partial charge in [-0.1, -0.05) is 0 Å². The number of hydrogen-bond acceptors (Lipinski definition) is 5. The van der Waals surface area contributed by atoms with Gasteiger partial charge >= 0.3 is 11.9 Å². The SMILES string of the molecule is CCOC(=O)C1=C(C)NC(C)=C(C(=O)OCC)C1c1ccc[n+](C)c1.[I-]. The third-order valence-corrected chi connectivity index (χ3v) is 4.05. The second kappa shape index (κ2) is 9.70. The quantitative estimate of drug-likeness (QED) is 0.334. The normalized spacial score (nSPS) is 14.5. The van der Waals surface area contributed by atoms with Crippen molar-refractivity contribution in [1.82, 2.24) is 5.32 Å². The van der Waals surface area contributed by atoms with Crippen LogP contribution in [0.4, 0.5) is 0 Å². The molecule has 0 saturated heterocycles. The Balaban J connectivity index is 0.00000338. The Bertz CT molecular complexity index is 716. The van der Waals surface area contributed by atoms with Crippen LogP contribution in [-0.4, -0.2) is 25.2 Å². The summed E-state index contributed by atoms with van der Waals surface area (Å²) in [4.78, 5) is 25.2. The lowest BCUT2D eigenvalue weighted by Gasteiger charge is -2.29. The van der Waals surface area contributed by atoms with Gasteiger partial charge in [0.15, 0.2) is 12.4 Å². The van der Waals surface area contributed by atoms with Crippen molar-refractivity contribution in [2.24, 2.45) is 7.05 Å². The Hall–Kier alpha value is -1.90. The average Bonchev–Trinajstić information content (AvgIpc) is 2.54. The van der Waals surface area contributed by atoms with Gasteiger partial charge in [-0.25, -0.2) is 14.2 Å². The number of carbonyl (C=O) groups excluding carboxylic acids is 2. The Morgan fingerprint density at radius 3 is 2.00 bits per heavy atom. The van der Waals surface area contributed by atoms with E-state index >= 15 is 0 Å². The molecule has 2 heterocycles. The van der Waals surface area contributed by atoms with E-state index in [9.17, 15) is 9.59 Å². The van der Waals surface area contributed by atoms with E-state index in [0.717, 1.165) is 5.56 Å². The molecule has 0 saturated carbocycles. The van der Waals surface area contributed by atoms with Crippen LogP contribution in [0.2, 0.25) is 0 Å². The van der Waals surface area contributed by atoms with Gasteiger partial charge in [-0.15, -0.1) is 0 Å². The van der Waals surface area contributed by atoms with E-state index in [1.165, 1.54) is 0 Å². The maximum atomic E-state index is 12.6. The van der Waals surface area contributed by atoms with Crippen LogP contribution in [0.1, 0.15) is 39.2 Å². The minimum Gasteiger partial charge on any atom is -1.00 e. The number of halogens is 1. The summed E-state index contributed by atoms with van der Waals surface area (Å²) in [6.07, 6.45) is 3.79. The molecule has 0 fully saturated rings. The molecule has 26 heavy (non-hydrogen) atoms. The Morgan fingerprint density at radius 1 is 1.08 bits per heavy atom. The Kier molecular flexibility index (Phi) is 8.26. The molecule has 0 aromatic carbocycles. The van der Waals surface area contributed by atoms with Crippen molar-refractivity contribution in [3.63, 3.8) is 0 Å². The van der Waals surface area contributed by atoms with Gasteiger partial charge < -0.3 is 38.8 Å². The van der Waals surface area contributed by atoms with Crippen LogP contribution in [0.25, 0.3) is 0 Å². The summed E-state index contributed by atoms with van der Waals surface area (Å²) in [6, 6.07) is 3.78. The highest BCUT2D eigenvalue weighted by atomic mass is 127. The largest absolute Gasteiger partial charge is 1.00 e. The molecular formula is C19H25IN2O4. The van der Waals surface area contributed by atoms with E-state index in [-0.39, 0.29) is 37.2 Å². The van der Waals surface area contributed by atoms with Gasteiger partial charge in [0.25, 0.3) is 0 Å². The fraction of sp³-hybridized carbons (Fsp3) is 0.421. The van der Waals surface area contributed by atoms with Crippen molar-refractivity contribution in [2.75, 3.05) is 13.2 Å². The number of hydrogen-bond donors (Lipinski definition) is 1. The number of dihydropyridines is 1. The van der Waals surface area contributed by atoms with E-state index in [0.29, 0.717) is 22.5 Å². The minimum atomic E-state index is -0.535. The molecule has 0 spiro atoms. The van der Waals surface area contributed by atoms with Crippen molar-refractivity contribution in [3.05, 3.63) is 52.6 Å². The topological polar surface area (TPSA) is 68.5 Å². The molecule has 0 radical (unpaired) electrons. The first-order chi connectivity index (χ1) is 11.9. The third-order valence-electron chi connectivity index (χ3n) is 4.05. The maximum Gasteiger partial charge on any atom is 0.336 e. The number of carbonyl (C=O) groups is 2. The lowest BCUT2D eigenvalue weighted by molar-refractivity contribution is -0.671. The van der Waals surface area contributed by atoms with Crippen molar-refractivity contribution >= 4 is 11.9 Å². The van der Waals surface area contributed by atoms with Crippen molar-refractivity contribution in [2.45, 2.75) is 33.6 Å². The number of nitrogens with one attached hydrogen (secondary N) is 1. The molecule has 7 heteroatoms. The van der Waals surface area contributed by atoms with Crippen molar-refractivity contribution < 1.29 is 47.6 Å². The molecular weight excluding hydrogens is 447 g/mol. The van der Waals surface area contributed by atoms with Crippen LogP contribution in [0.3, 0.4) is 0 Å².